The highest BCUT2D eigenvalue weighted by molar-refractivity contribution is 5.17. The van der Waals surface area contributed by atoms with Crippen LogP contribution < -0.4 is 0 Å². The first-order valence-corrected chi connectivity index (χ1v) is 5.74. The van der Waals surface area contributed by atoms with Crippen molar-refractivity contribution in [2.24, 2.45) is 5.92 Å². The highest BCUT2D eigenvalue weighted by Gasteiger charge is 2.19. The maximum absolute atomic E-state index is 12.9. The molecule has 2 unspecified atom stereocenters. The van der Waals surface area contributed by atoms with Crippen LogP contribution in [0, 0.1) is 11.7 Å². The molecule has 1 aliphatic rings. The number of halogens is 1. The van der Waals surface area contributed by atoms with E-state index in [0.717, 1.165) is 31.6 Å². The zero-order chi connectivity index (χ0) is 11.4. The molecule has 1 aromatic rings. The Bertz CT molecular complexity index is 334. The molecule has 0 saturated carbocycles. The van der Waals surface area contributed by atoms with E-state index in [1.54, 1.807) is 6.07 Å². The molecule has 0 radical (unpaired) electrons. The van der Waals surface area contributed by atoms with Crippen LogP contribution in [0.3, 0.4) is 0 Å². The molecular formula is C13H17FO2. The Balaban J connectivity index is 1.84. The van der Waals surface area contributed by atoms with E-state index in [0.29, 0.717) is 12.3 Å². The Kier molecular flexibility index (Phi) is 3.91. The van der Waals surface area contributed by atoms with E-state index in [9.17, 15) is 9.50 Å². The summed E-state index contributed by atoms with van der Waals surface area (Å²) in [5.74, 6) is 0.220. The van der Waals surface area contributed by atoms with Crippen LogP contribution in [0.25, 0.3) is 0 Å². The van der Waals surface area contributed by atoms with Gasteiger partial charge in [0.25, 0.3) is 0 Å². The molecule has 1 saturated heterocycles. The van der Waals surface area contributed by atoms with E-state index in [1.165, 1.54) is 12.1 Å². The molecule has 1 aliphatic heterocycles. The summed E-state index contributed by atoms with van der Waals surface area (Å²) in [5.41, 5.74) is 0.853. The van der Waals surface area contributed by atoms with Gasteiger partial charge in [0, 0.05) is 13.2 Å². The Morgan fingerprint density at radius 2 is 2.38 bits per heavy atom. The molecule has 2 atom stereocenters. The molecule has 2 rings (SSSR count). The first kappa shape index (κ1) is 11.6. The molecular weight excluding hydrogens is 207 g/mol. The molecule has 1 N–H and O–H groups in total. The second-order valence-electron chi connectivity index (χ2n) is 4.45. The number of hydrogen-bond acceptors (Lipinski definition) is 2. The number of rotatable bonds is 4. The van der Waals surface area contributed by atoms with Gasteiger partial charge in [-0.3, -0.25) is 0 Å². The molecule has 1 heterocycles. The van der Waals surface area contributed by atoms with E-state index in [-0.39, 0.29) is 5.82 Å². The van der Waals surface area contributed by atoms with Crippen molar-refractivity contribution < 1.29 is 14.2 Å². The standard InChI is InChI=1S/C13H17FO2/c14-12-3-1-2-10(6-12)7-13(15)8-11-4-5-16-9-11/h1-3,6,11,13,15H,4-5,7-9H2. The van der Waals surface area contributed by atoms with E-state index in [4.69, 9.17) is 4.74 Å². The van der Waals surface area contributed by atoms with Crippen molar-refractivity contribution in [3.8, 4) is 0 Å². The molecule has 0 amide bonds. The largest absolute Gasteiger partial charge is 0.393 e. The normalized spacial score (nSPS) is 22.2. The van der Waals surface area contributed by atoms with E-state index in [2.05, 4.69) is 0 Å². The van der Waals surface area contributed by atoms with Gasteiger partial charge in [-0.05, 0) is 42.9 Å². The highest BCUT2D eigenvalue weighted by atomic mass is 19.1. The zero-order valence-electron chi connectivity index (χ0n) is 9.23. The van der Waals surface area contributed by atoms with Crippen LogP contribution in [-0.2, 0) is 11.2 Å². The molecule has 1 fully saturated rings. The van der Waals surface area contributed by atoms with Gasteiger partial charge in [-0.1, -0.05) is 12.1 Å². The average molecular weight is 224 g/mol. The number of aliphatic hydroxyl groups is 1. The third kappa shape index (κ3) is 3.29. The van der Waals surface area contributed by atoms with Crippen LogP contribution in [0.5, 0.6) is 0 Å². The maximum Gasteiger partial charge on any atom is 0.123 e. The molecule has 0 aromatic heterocycles. The second kappa shape index (κ2) is 5.41. The van der Waals surface area contributed by atoms with Gasteiger partial charge in [0.2, 0.25) is 0 Å². The van der Waals surface area contributed by atoms with Crippen molar-refractivity contribution in [1.29, 1.82) is 0 Å². The van der Waals surface area contributed by atoms with Crippen LogP contribution in [0.1, 0.15) is 18.4 Å². The van der Waals surface area contributed by atoms with Gasteiger partial charge >= 0.3 is 0 Å². The summed E-state index contributed by atoms with van der Waals surface area (Å²) >= 11 is 0. The van der Waals surface area contributed by atoms with Gasteiger partial charge in [0.05, 0.1) is 6.10 Å². The predicted octanol–water partition coefficient (Wildman–Crippen LogP) is 2.16. The fourth-order valence-corrected chi connectivity index (χ4v) is 2.17. The van der Waals surface area contributed by atoms with Crippen LogP contribution in [0.15, 0.2) is 24.3 Å². The Hall–Kier alpha value is -0.930. The Morgan fingerprint density at radius 1 is 1.50 bits per heavy atom. The first-order valence-electron chi connectivity index (χ1n) is 5.74. The minimum absolute atomic E-state index is 0.242. The molecule has 1 aromatic carbocycles. The van der Waals surface area contributed by atoms with Gasteiger partial charge in [-0.25, -0.2) is 4.39 Å². The van der Waals surface area contributed by atoms with E-state index >= 15 is 0 Å². The minimum atomic E-state index is -0.395. The van der Waals surface area contributed by atoms with E-state index < -0.39 is 6.10 Å². The van der Waals surface area contributed by atoms with Crippen LogP contribution in [-0.4, -0.2) is 24.4 Å². The Labute approximate surface area is 95.1 Å². The Morgan fingerprint density at radius 3 is 3.06 bits per heavy atom. The van der Waals surface area contributed by atoms with Gasteiger partial charge < -0.3 is 9.84 Å². The summed E-state index contributed by atoms with van der Waals surface area (Å²) in [7, 11) is 0. The van der Waals surface area contributed by atoms with Gasteiger partial charge in [0.15, 0.2) is 0 Å². The summed E-state index contributed by atoms with van der Waals surface area (Å²) in [5, 5.41) is 9.88. The van der Waals surface area contributed by atoms with Crippen molar-refractivity contribution in [2.45, 2.75) is 25.4 Å². The van der Waals surface area contributed by atoms with Crippen molar-refractivity contribution in [1.82, 2.24) is 0 Å². The lowest BCUT2D eigenvalue weighted by atomic mass is 9.96. The zero-order valence-corrected chi connectivity index (χ0v) is 9.23. The molecule has 0 bridgehead atoms. The monoisotopic (exact) mass is 224 g/mol. The summed E-state index contributed by atoms with van der Waals surface area (Å²) in [6.07, 6.45) is 1.90. The summed E-state index contributed by atoms with van der Waals surface area (Å²) < 4.78 is 18.2. The number of benzene rings is 1. The van der Waals surface area contributed by atoms with Crippen LogP contribution in [0.4, 0.5) is 4.39 Å². The highest BCUT2D eigenvalue weighted by Crippen LogP contribution is 2.20. The minimum Gasteiger partial charge on any atom is -0.393 e. The number of hydrogen-bond donors (Lipinski definition) is 1. The van der Waals surface area contributed by atoms with Gasteiger partial charge in [-0.15, -0.1) is 0 Å². The van der Waals surface area contributed by atoms with E-state index in [1.807, 2.05) is 6.07 Å². The molecule has 3 heteroatoms. The summed E-state index contributed by atoms with van der Waals surface area (Å²) in [4.78, 5) is 0. The molecule has 2 nitrogen and oxygen atoms in total. The third-order valence-corrected chi connectivity index (χ3v) is 2.99. The third-order valence-electron chi connectivity index (χ3n) is 2.99. The lowest BCUT2D eigenvalue weighted by Gasteiger charge is -2.14. The lowest BCUT2D eigenvalue weighted by Crippen LogP contribution is -2.16. The van der Waals surface area contributed by atoms with Crippen molar-refractivity contribution in [3.05, 3.63) is 35.6 Å². The topological polar surface area (TPSA) is 29.5 Å². The average Bonchev–Trinajstić information content (AvgIpc) is 2.70. The fourth-order valence-electron chi connectivity index (χ4n) is 2.17. The number of ether oxygens (including phenoxy) is 1. The second-order valence-corrected chi connectivity index (χ2v) is 4.45. The first-order chi connectivity index (χ1) is 7.74. The number of aliphatic hydroxyl groups excluding tert-OH is 1. The summed E-state index contributed by atoms with van der Waals surface area (Å²) in [6, 6.07) is 6.42. The molecule has 16 heavy (non-hydrogen) atoms. The predicted molar refractivity (Wildman–Crippen MR) is 59.7 cm³/mol. The van der Waals surface area contributed by atoms with Crippen molar-refractivity contribution in [3.63, 3.8) is 0 Å². The lowest BCUT2D eigenvalue weighted by molar-refractivity contribution is 0.128. The molecule has 0 aliphatic carbocycles. The van der Waals surface area contributed by atoms with Crippen LogP contribution in [0.2, 0.25) is 0 Å². The smallest absolute Gasteiger partial charge is 0.123 e. The van der Waals surface area contributed by atoms with Crippen molar-refractivity contribution in [2.75, 3.05) is 13.2 Å². The van der Waals surface area contributed by atoms with Gasteiger partial charge in [0.1, 0.15) is 5.82 Å². The van der Waals surface area contributed by atoms with Gasteiger partial charge in [-0.2, -0.15) is 0 Å². The van der Waals surface area contributed by atoms with Crippen molar-refractivity contribution >= 4 is 0 Å². The summed E-state index contributed by atoms with van der Waals surface area (Å²) in [6.45, 7) is 1.55. The quantitative estimate of drug-likeness (QED) is 0.849. The maximum atomic E-state index is 12.9. The molecule has 0 spiro atoms. The molecule has 88 valence electrons. The fraction of sp³-hybridized carbons (Fsp3) is 0.538. The van der Waals surface area contributed by atoms with Crippen LogP contribution >= 0.6 is 0 Å². The SMILES string of the molecule is OC(Cc1cccc(F)c1)CC1CCOC1.